The number of anilines is 1. The lowest BCUT2D eigenvalue weighted by molar-refractivity contribution is -0.384. The Labute approximate surface area is 194 Å². The second-order valence-electron chi connectivity index (χ2n) is 7.27. The average molecular weight is 470 g/mol. The maximum Gasteiger partial charge on any atom is 0.269 e. The van der Waals surface area contributed by atoms with Crippen molar-refractivity contribution in [3.8, 4) is 16.3 Å². The van der Waals surface area contributed by atoms with Crippen LogP contribution in [0.15, 0.2) is 48.5 Å². The minimum absolute atomic E-state index is 0.119. The highest BCUT2D eigenvalue weighted by atomic mass is 32.1. The molecule has 2 amide bonds. The molecule has 10 nitrogen and oxygen atoms in total. The Morgan fingerprint density at radius 2 is 1.79 bits per heavy atom. The SMILES string of the molecule is CCC(C)C(NC(=O)c1ccc([N+](=O)[O-])cc1)C(=O)Nc1nnc(-c2ccc(OC)cc2)s1. The summed E-state index contributed by atoms with van der Waals surface area (Å²) in [5, 5.41) is 25.4. The van der Waals surface area contributed by atoms with E-state index in [9.17, 15) is 19.7 Å². The molecule has 0 aliphatic heterocycles. The molecule has 2 atom stereocenters. The Morgan fingerprint density at radius 1 is 1.12 bits per heavy atom. The highest BCUT2D eigenvalue weighted by Gasteiger charge is 2.27. The van der Waals surface area contributed by atoms with Crippen LogP contribution in [-0.4, -0.2) is 40.1 Å². The molecule has 0 spiro atoms. The summed E-state index contributed by atoms with van der Waals surface area (Å²) in [5.41, 5.74) is 0.935. The summed E-state index contributed by atoms with van der Waals surface area (Å²) < 4.78 is 5.15. The first kappa shape index (κ1) is 23.8. The van der Waals surface area contributed by atoms with Crippen LogP contribution in [0.3, 0.4) is 0 Å². The Morgan fingerprint density at radius 3 is 2.36 bits per heavy atom. The van der Waals surface area contributed by atoms with Crippen LogP contribution in [-0.2, 0) is 4.79 Å². The predicted octanol–water partition coefficient (Wildman–Crippen LogP) is 3.91. The third kappa shape index (κ3) is 5.89. The normalized spacial score (nSPS) is 12.5. The number of rotatable bonds is 9. The fourth-order valence-electron chi connectivity index (χ4n) is 2.97. The van der Waals surface area contributed by atoms with Gasteiger partial charge in [0.2, 0.25) is 11.0 Å². The van der Waals surface area contributed by atoms with E-state index >= 15 is 0 Å². The average Bonchev–Trinajstić information content (AvgIpc) is 3.30. The Hall–Kier alpha value is -3.86. The Kier molecular flexibility index (Phi) is 7.67. The number of nitro groups is 1. The molecule has 2 N–H and O–H groups in total. The van der Waals surface area contributed by atoms with Gasteiger partial charge in [-0.15, -0.1) is 10.2 Å². The molecular formula is C22H23N5O5S. The minimum atomic E-state index is -0.828. The molecule has 33 heavy (non-hydrogen) atoms. The lowest BCUT2D eigenvalue weighted by Gasteiger charge is -2.23. The smallest absolute Gasteiger partial charge is 0.269 e. The van der Waals surface area contributed by atoms with Crippen molar-refractivity contribution in [1.82, 2.24) is 15.5 Å². The van der Waals surface area contributed by atoms with Gasteiger partial charge in [-0.05, 0) is 42.3 Å². The van der Waals surface area contributed by atoms with Crippen LogP contribution in [0.25, 0.3) is 10.6 Å². The maximum atomic E-state index is 13.0. The first-order valence-electron chi connectivity index (χ1n) is 10.2. The number of ether oxygens (including phenoxy) is 1. The Bertz CT molecular complexity index is 1130. The zero-order valence-electron chi connectivity index (χ0n) is 18.3. The molecule has 0 fully saturated rings. The van der Waals surface area contributed by atoms with Gasteiger partial charge in [0.25, 0.3) is 11.6 Å². The fourth-order valence-corrected chi connectivity index (χ4v) is 3.72. The number of nitrogens with zero attached hydrogens (tertiary/aromatic N) is 3. The molecule has 2 aromatic carbocycles. The molecule has 11 heteroatoms. The van der Waals surface area contributed by atoms with Crippen molar-refractivity contribution in [2.75, 3.05) is 12.4 Å². The standard InChI is InChI=1S/C22H23N5O5S/c1-4-13(2)18(23-19(28)14-5-9-16(10-6-14)27(30)31)20(29)24-22-26-25-21(33-22)15-7-11-17(32-3)12-8-15/h5-13,18H,4H2,1-3H3,(H,23,28)(H,24,26,29). The fraction of sp³-hybridized carbons (Fsp3) is 0.273. The molecule has 2 unspecified atom stereocenters. The highest BCUT2D eigenvalue weighted by molar-refractivity contribution is 7.18. The van der Waals surface area contributed by atoms with E-state index in [1.54, 1.807) is 7.11 Å². The maximum absolute atomic E-state index is 13.0. The number of carbonyl (C=O) groups is 2. The third-order valence-corrected chi connectivity index (χ3v) is 6.00. The number of nitro benzene ring substituents is 1. The van der Waals surface area contributed by atoms with E-state index in [1.807, 2.05) is 38.1 Å². The summed E-state index contributed by atoms with van der Waals surface area (Å²) in [6.07, 6.45) is 0.645. The van der Waals surface area contributed by atoms with E-state index in [1.165, 1.54) is 35.6 Å². The van der Waals surface area contributed by atoms with Crippen LogP contribution < -0.4 is 15.4 Å². The summed E-state index contributed by atoms with van der Waals surface area (Å²) in [4.78, 5) is 35.9. The number of hydrogen-bond donors (Lipinski definition) is 2. The largest absolute Gasteiger partial charge is 0.497 e. The van der Waals surface area contributed by atoms with Gasteiger partial charge in [0.15, 0.2) is 0 Å². The van der Waals surface area contributed by atoms with Crippen molar-refractivity contribution in [2.45, 2.75) is 26.3 Å². The molecule has 0 bridgehead atoms. The van der Waals surface area contributed by atoms with Gasteiger partial charge in [-0.25, -0.2) is 0 Å². The second-order valence-corrected chi connectivity index (χ2v) is 8.25. The zero-order valence-corrected chi connectivity index (χ0v) is 19.1. The number of amides is 2. The summed E-state index contributed by atoms with van der Waals surface area (Å²) >= 11 is 1.21. The summed E-state index contributed by atoms with van der Waals surface area (Å²) in [5.74, 6) is -0.364. The van der Waals surface area contributed by atoms with Gasteiger partial charge in [-0.2, -0.15) is 0 Å². The van der Waals surface area contributed by atoms with Crippen LogP contribution in [0.2, 0.25) is 0 Å². The number of hydrogen-bond acceptors (Lipinski definition) is 8. The molecule has 0 radical (unpaired) electrons. The van der Waals surface area contributed by atoms with Crippen molar-refractivity contribution in [1.29, 1.82) is 0 Å². The molecule has 3 aromatic rings. The van der Waals surface area contributed by atoms with E-state index < -0.39 is 22.8 Å². The molecule has 1 heterocycles. The second kappa shape index (κ2) is 10.6. The number of methoxy groups -OCH3 is 1. The van der Waals surface area contributed by atoms with E-state index in [4.69, 9.17) is 4.74 Å². The Balaban J connectivity index is 1.71. The number of benzene rings is 2. The number of nitrogens with one attached hydrogen (secondary N) is 2. The first-order valence-corrected chi connectivity index (χ1v) is 11.0. The lowest BCUT2D eigenvalue weighted by atomic mass is 9.98. The third-order valence-electron chi connectivity index (χ3n) is 5.11. The number of carbonyl (C=O) groups excluding carboxylic acids is 2. The van der Waals surface area contributed by atoms with Crippen molar-refractivity contribution < 1.29 is 19.2 Å². The number of non-ortho nitro benzene ring substituents is 1. The predicted molar refractivity (Wildman–Crippen MR) is 124 cm³/mol. The molecule has 172 valence electrons. The lowest BCUT2D eigenvalue weighted by Crippen LogP contribution is -2.47. The van der Waals surface area contributed by atoms with Gasteiger partial charge in [0.1, 0.15) is 16.8 Å². The molecule has 1 aromatic heterocycles. The van der Waals surface area contributed by atoms with Crippen LogP contribution in [0.5, 0.6) is 5.75 Å². The van der Waals surface area contributed by atoms with Gasteiger partial charge in [0.05, 0.1) is 12.0 Å². The molecule has 0 aliphatic rings. The van der Waals surface area contributed by atoms with Crippen LogP contribution in [0.1, 0.15) is 30.6 Å². The van der Waals surface area contributed by atoms with E-state index in [0.717, 1.165) is 11.3 Å². The van der Waals surface area contributed by atoms with Gasteiger partial charge in [-0.1, -0.05) is 31.6 Å². The molecular weight excluding hydrogens is 446 g/mol. The van der Waals surface area contributed by atoms with Gasteiger partial charge >= 0.3 is 0 Å². The van der Waals surface area contributed by atoms with Crippen LogP contribution in [0.4, 0.5) is 10.8 Å². The first-order chi connectivity index (χ1) is 15.8. The van der Waals surface area contributed by atoms with E-state index in [-0.39, 0.29) is 17.2 Å². The molecule has 3 rings (SSSR count). The summed E-state index contributed by atoms with van der Waals surface area (Å²) in [6.45, 7) is 3.76. The van der Waals surface area contributed by atoms with Crippen molar-refractivity contribution in [3.63, 3.8) is 0 Å². The number of aromatic nitrogens is 2. The van der Waals surface area contributed by atoms with Crippen LogP contribution >= 0.6 is 11.3 Å². The van der Waals surface area contributed by atoms with E-state index in [2.05, 4.69) is 20.8 Å². The molecule has 0 saturated carbocycles. The van der Waals surface area contributed by atoms with Gasteiger partial charge in [0, 0.05) is 23.3 Å². The summed E-state index contributed by atoms with van der Waals surface area (Å²) in [7, 11) is 1.59. The molecule has 0 aliphatic carbocycles. The summed E-state index contributed by atoms with van der Waals surface area (Å²) in [6, 6.07) is 11.7. The van der Waals surface area contributed by atoms with Crippen LogP contribution in [0, 0.1) is 16.0 Å². The van der Waals surface area contributed by atoms with Crippen molar-refractivity contribution in [3.05, 3.63) is 64.2 Å². The zero-order chi connectivity index (χ0) is 24.0. The van der Waals surface area contributed by atoms with Gasteiger partial charge in [-0.3, -0.25) is 25.0 Å². The quantitative estimate of drug-likeness (QED) is 0.358. The van der Waals surface area contributed by atoms with Gasteiger partial charge < -0.3 is 10.1 Å². The van der Waals surface area contributed by atoms with Crippen molar-refractivity contribution in [2.24, 2.45) is 5.92 Å². The topological polar surface area (TPSA) is 136 Å². The molecule has 0 saturated heterocycles. The highest BCUT2D eigenvalue weighted by Crippen LogP contribution is 2.28. The minimum Gasteiger partial charge on any atom is -0.497 e. The van der Waals surface area contributed by atoms with E-state index in [0.29, 0.717) is 16.6 Å². The van der Waals surface area contributed by atoms with Crippen molar-refractivity contribution >= 4 is 34.0 Å². The monoisotopic (exact) mass is 469 g/mol.